The molecule has 188 valence electrons. The quantitative estimate of drug-likeness (QED) is 0.220. The van der Waals surface area contributed by atoms with E-state index in [2.05, 4.69) is 65.4 Å². The van der Waals surface area contributed by atoms with Gasteiger partial charge in [-0.2, -0.15) is 0 Å². The standard InChI is InChI=1S/C35H21N3S2/c1-3-7-24(8-4-1)33-36-34(25-9-5-2-6-10-25)38-35(37-33)26-13-11-22(12-14-26)29-21-30-27(32-28(29)18-20-40-32)16-15-23-17-19-39-31(23)30/h1-21H. The first-order valence-electron chi connectivity index (χ1n) is 13.1. The zero-order valence-corrected chi connectivity index (χ0v) is 22.9. The summed E-state index contributed by atoms with van der Waals surface area (Å²) < 4.78 is 2.68. The number of rotatable bonds is 4. The van der Waals surface area contributed by atoms with Gasteiger partial charge in [0.15, 0.2) is 17.5 Å². The normalized spacial score (nSPS) is 11.5. The zero-order chi connectivity index (χ0) is 26.5. The van der Waals surface area contributed by atoms with Crippen LogP contribution in [0.5, 0.6) is 0 Å². The Kier molecular flexibility index (Phi) is 5.50. The molecule has 0 fully saturated rings. The van der Waals surface area contributed by atoms with E-state index in [-0.39, 0.29) is 0 Å². The average Bonchev–Trinajstić information content (AvgIpc) is 3.72. The summed E-state index contributed by atoms with van der Waals surface area (Å²) in [6.07, 6.45) is 0. The lowest BCUT2D eigenvalue weighted by Gasteiger charge is -2.11. The minimum atomic E-state index is 0.666. The van der Waals surface area contributed by atoms with E-state index < -0.39 is 0 Å². The zero-order valence-electron chi connectivity index (χ0n) is 21.3. The number of fused-ring (bicyclic) bond motifs is 5. The summed E-state index contributed by atoms with van der Waals surface area (Å²) >= 11 is 3.63. The summed E-state index contributed by atoms with van der Waals surface area (Å²) in [4.78, 5) is 14.6. The predicted molar refractivity (Wildman–Crippen MR) is 170 cm³/mol. The molecule has 0 amide bonds. The molecule has 3 nitrogen and oxygen atoms in total. The molecule has 0 aliphatic carbocycles. The molecule has 3 heterocycles. The van der Waals surface area contributed by atoms with Crippen LogP contribution in [0.15, 0.2) is 126 Å². The molecule has 0 radical (unpaired) electrons. The maximum Gasteiger partial charge on any atom is 0.164 e. The van der Waals surface area contributed by atoms with Crippen LogP contribution in [-0.2, 0) is 0 Å². The van der Waals surface area contributed by atoms with Gasteiger partial charge in [-0.3, -0.25) is 0 Å². The Morgan fingerprint density at radius 2 is 0.950 bits per heavy atom. The van der Waals surface area contributed by atoms with E-state index in [0.717, 1.165) is 16.7 Å². The lowest BCUT2D eigenvalue weighted by molar-refractivity contribution is 1.07. The highest BCUT2D eigenvalue weighted by Gasteiger charge is 2.15. The summed E-state index contributed by atoms with van der Waals surface area (Å²) in [5, 5.41) is 9.61. The van der Waals surface area contributed by atoms with Gasteiger partial charge in [-0.05, 0) is 45.5 Å². The fourth-order valence-corrected chi connectivity index (χ4v) is 7.19. The van der Waals surface area contributed by atoms with E-state index >= 15 is 0 Å². The largest absolute Gasteiger partial charge is 0.208 e. The van der Waals surface area contributed by atoms with Crippen molar-refractivity contribution in [2.75, 3.05) is 0 Å². The number of hydrogen-bond acceptors (Lipinski definition) is 5. The Morgan fingerprint density at radius 3 is 1.60 bits per heavy atom. The minimum absolute atomic E-state index is 0.666. The van der Waals surface area contributed by atoms with Gasteiger partial charge in [-0.1, -0.05) is 97.1 Å². The molecule has 0 saturated heterocycles. The van der Waals surface area contributed by atoms with Gasteiger partial charge in [0, 0.05) is 42.2 Å². The number of nitrogens with zero attached hydrogens (tertiary/aromatic N) is 3. The topological polar surface area (TPSA) is 38.7 Å². The van der Waals surface area contributed by atoms with Gasteiger partial charge in [0.2, 0.25) is 0 Å². The van der Waals surface area contributed by atoms with Gasteiger partial charge in [-0.25, -0.2) is 15.0 Å². The molecule has 0 aliphatic heterocycles. The molecule has 0 unspecified atom stereocenters. The van der Waals surface area contributed by atoms with Gasteiger partial charge in [-0.15, -0.1) is 22.7 Å². The van der Waals surface area contributed by atoms with E-state index in [4.69, 9.17) is 15.0 Å². The Morgan fingerprint density at radius 1 is 0.400 bits per heavy atom. The number of thiophene rings is 2. The second kappa shape index (κ2) is 9.49. The lowest BCUT2D eigenvalue weighted by Crippen LogP contribution is -2.00. The highest BCUT2D eigenvalue weighted by Crippen LogP contribution is 2.41. The van der Waals surface area contributed by atoms with Crippen molar-refractivity contribution in [3.05, 3.63) is 126 Å². The first kappa shape index (κ1) is 23.2. The van der Waals surface area contributed by atoms with Crippen LogP contribution in [0.2, 0.25) is 0 Å². The Labute approximate surface area is 239 Å². The highest BCUT2D eigenvalue weighted by atomic mass is 32.1. The minimum Gasteiger partial charge on any atom is -0.208 e. The summed E-state index contributed by atoms with van der Waals surface area (Å²) in [5.74, 6) is 2.00. The summed E-state index contributed by atoms with van der Waals surface area (Å²) in [5.41, 5.74) is 5.33. The van der Waals surface area contributed by atoms with Crippen molar-refractivity contribution in [2.24, 2.45) is 0 Å². The van der Waals surface area contributed by atoms with Crippen LogP contribution in [0.1, 0.15) is 0 Å². The van der Waals surface area contributed by atoms with E-state index in [1.54, 1.807) is 0 Å². The molecule has 0 spiro atoms. The van der Waals surface area contributed by atoms with Crippen LogP contribution in [0.25, 0.3) is 76.2 Å². The Balaban J connectivity index is 1.27. The summed E-state index contributed by atoms with van der Waals surface area (Å²) in [6, 6.07) is 40.1. The Hall–Kier alpha value is -4.71. The SMILES string of the molecule is c1ccc(-c2nc(-c3ccccc3)nc(-c3ccc(-c4cc5c(ccc6ccsc65)c5sccc45)cc3)n2)cc1. The van der Waals surface area contributed by atoms with Crippen LogP contribution in [-0.4, -0.2) is 15.0 Å². The molecular weight excluding hydrogens is 527 g/mol. The third-order valence-corrected chi connectivity index (χ3v) is 9.21. The van der Waals surface area contributed by atoms with Crippen molar-refractivity contribution < 1.29 is 0 Å². The first-order valence-corrected chi connectivity index (χ1v) is 14.9. The van der Waals surface area contributed by atoms with Crippen molar-refractivity contribution in [1.82, 2.24) is 15.0 Å². The number of benzene rings is 5. The fourth-order valence-electron chi connectivity index (χ4n) is 5.32. The second-order valence-corrected chi connectivity index (χ2v) is 11.5. The molecule has 5 aromatic carbocycles. The van der Waals surface area contributed by atoms with Gasteiger partial charge in [0.25, 0.3) is 0 Å². The first-order chi connectivity index (χ1) is 19.8. The van der Waals surface area contributed by atoms with Crippen LogP contribution in [0.3, 0.4) is 0 Å². The smallest absolute Gasteiger partial charge is 0.164 e. The van der Waals surface area contributed by atoms with Gasteiger partial charge in [0.05, 0.1) is 0 Å². The van der Waals surface area contributed by atoms with Crippen molar-refractivity contribution in [3.8, 4) is 45.3 Å². The van der Waals surface area contributed by atoms with Crippen LogP contribution < -0.4 is 0 Å². The van der Waals surface area contributed by atoms with Crippen molar-refractivity contribution in [3.63, 3.8) is 0 Å². The van der Waals surface area contributed by atoms with Crippen molar-refractivity contribution in [2.45, 2.75) is 0 Å². The molecule has 0 saturated carbocycles. The van der Waals surface area contributed by atoms with E-state index in [9.17, 15) is 0 Å². The molecule has 0 atom stereocenters. The van der Waals surface area contributed by atoms with Crippen LogP contribution in [0.4, 0.5) is 0 Å². The monoisotopic (exact) mass is 547 g/mol. The highest BCUT2D eigenvalue weighted by molar-refractivity contribution is 7.19. The second-order valence-electron chi connectivity index (χ2n) is 9.70. The third-order valence-electron chi connectivity index (χ3n) is 7.30. The average molecular weight is 548 g/mol. The molecular formula is C35H21N3S2. The van der Waals surface area contributed by atoms with E-state index in [0.29, 0.717) is 17.5 Å². The van der Waals surface area contributed by atoms with E-state index in [1.165, 1.54) is 42.1 Å². The maximum atomic E-state index is 4.89. The lowest BCUT2D eigenvalue weighted by atomic mass is 9.96. The molecule has 0 aliphatic rings. The Bertz CT molecular complexity index is 2090. The fraction of sp³-hybridized carbons (Fsp3) is 0. The van der Waals surface area contributed by atoms with Crippen LogP contribution >= 0.6 is 22.7 Å². The van der Waals surface area contributed by atoms with E-state index in [1.807, 2.05) is 83.3 Å². The van der Waals surface area contributed by atoms with Gasteiger partial charge < -0.3 is 0 Å². The molecule has 0 bridgehead atoms. The molecule has 3 aromatic heterocycles. The predicted octanol–water partition coefficient (Wildman–Crippen LogP) is 10.1. The molecule has 40 heavy (non-hydrogen) atoms. The van der Waals surface area contributed by atoms with Crippen molar-refractivity contribution >= 4 is 53.6 Å². The van der Waals surface area contributed by atoms with Gasteiger partial charge >= 0.3 is 0 Å². The molecule has 5 heteroatoms. The number of hydrogen-bond donors (Lipinski definition) is 0. The maximum absolute atomic E-state index is 4.89. The summed E-state index contributed by atoms with van der Waals surface area (Å²) in [6.45, 7) is 0. The van der Waals surface area contributed by atoms with Gasteiger partial charge in [0.1, 0.15) is 0 Å². The molecule has 8 aromatic rings. The summed E-state index contributed by atoms with van der Waals surface area (Å²) in [7, 11) is 0. The van der Waals surface area contributed by atoms with Crippen molar-refractivity contribution in [1.29, 1.82) is 0 Å². The third kappa shape index (κ3) is 3.90. The molecule has 8 rings (SSSR count). The number of aromatic nitrogens is 3. The van der Waals surface area contributed by atoms with Crippen LogP contribution in [0, 0.1) is 0 Å². The molecule has 0 N–H and O–H groups in total.